The second kappa shape index (κ2) is 8.60. The van der Waals surface area contributed by atoms with Crippen LogP contribution in [0.2, 0.25) is 0 Å². The molecule has 5 atom stereocenters. The highest BCUT2D eigenvalue weighted by molar-refractivity contribution is 5.96. The quantitative estimate of drug-likeness (QED) is 0.785. The van der Waals surface area contributed by atoms with Crippen LogP contribution in [0.15, 0.2) is 6.33 Å². The van der Waals surface area contributed by atoms with Gasteiger partial charge in [0.2, 0.25) is 0 Å². The Hall–Kier alpha value is -1.61. The number of nitrogens with zero attached hydrogens (tertiary/aromatic N) is 3. The molecule has 2 saturated heterocycles. The minimum atomic E-state index is -0.763. The van der Waals surface area contributed by atoms with E-state index in [0.717, 1.165) is 13.1 Å². The van der Waals surface area contributed by atoms with Gasteiger partial charge in [-0.05, 0) is 34.1 Å². The molecule has 2 N–H and O–H groups in total. The number of morpholine rings is 1. The van der Waals surface area contributed by atoms with Crippen molar-refractivity contribution in [3.63, 3.8) is 0 Å². The zero-order valence-corrected chi connectivity index (χ0v) is 16.5. The summed E-state index contributed by atoms with van der Waals surface area (Å²) >= 11 is 0. The van der Waals surface area contributed by atoms with E-state index in [-0.39, 0.29) is 30.3 Å². The van der Waals surface area contributed by atoms with Crippen LogP contribution in [0.1, 0.15) is 42.0 Å². The monoisotopic (exact) mass is 378 g/mol. The molecule has 1 amide bonds. The molecule has 0 unspecified atom stereocenters. The predicted octanol–water partition coefficient (Wildman–Crippen LogP) is 0.451. The molecule has 1 aromatic rings. The van der Waals surface area contributed by atoms with Gasteiger partial charge in [0.1, 0.15) is 12.4 Å². The lowest BCUT2D eigenvalue weighted by molar-refractivity contribution is -0.122. The first-order valence-corrected chi connectivity index (χ1v) is 9.61. The molecule has 0 radical (unpaired) electrons. The molecular weight excluding hydrogens is 348 g/mol. The lowest BCUT2D eigenvalue weighted by atomic mass is 9.98. The maximum atomic E-state index is 12.7. The van der Waals surface area contributed by atoms with Gasteiger partial charge in [0.25, 0.3) is 5.91 Å². The third kappa shape index (κ3) is 4.82. The molecule has 0 bridgehead atoms. The molecule has 8 heteroatoms. The van der Waals surface area contributed by atoms with Crippen LogP contribution in [0.25, 0.3) is 0 Å². The predicted molar refractivity (Wildman–Crippen MR) is 99.6 cm³/mol. The van der Waals surface area contributed by atoms with Crippen molar-refractivity contribution in [2.24, 2.45) is 0 Å². The van der Waals surface area contributed by atoms with Crippen molar-refractivity contribution in [3.8, 4) is 0 Å². The average Bonchev–Trinajstić information content (AvgIpc) is 2.57. The Morgan fingerprint density at radius 2 is 1.89 bits per heavy atom. The fraction of sp³-hybridized carbons (Fsp3) is 0.737. The molecule has 0 saturated carbocycles. The van der Waals surface area contributed by atoms with Gasteiger partial charge in [0, 0.05) is 26.2 Å². The number of aryl methyl sites for hydroxylation is 2. The van der Waals surface area contributed by atoms with Crippen LogP contribution in [0.4, 0.5) is 0 Å². The number of carbonyl (C=O) groups is 1. The molecule has 2 aliphatic rings. The van der Waals surface area contributed by atoms with E-state index in [1.165, 1.54) is 6.33 Å². The summed E-state index contributed by atoms with van der Waals surface area (Å²) < 4.78 is 11.6. The Bertz CT molecular complexity index is 641. The van der Waals surface area contributed by atoms with Crippen molar-refractivity contribution in [3.05, 3.63) is 23.3 Å². The summed E-state index contributed by atoms with van der Waals surface area (Å²) in [6.07, 6.45) is 1.25. The second-order valence-corrected chi connectivity index (χ2v) is 7.66. The van der Waals surface area contributed by atoms with Gasteiger partial charge in [-0.25, -0.2) is 9.97 Å². The maximum absolute atomic E-state index is 12.7. The number of ether oxygens (including phenoxy) is 2. The number of aliphatic hydroxyl groups excluding tert-OH is 1. The average molecular weight is 378 g/mol. The lowest BCUT2D eigenvalue weighted by Crippen LogP contribution is -2.58. The molecule has 2 aliphatic heterocycles. The van der Waals surface area contributed by atoms with Gasteiger partial charge in [-0.3, -0.25) is 9.69 Å². The van der Waals surface area contributed by atoms with Crippen molar-refractivity contribution >= 4 is 5.91 Å². The Morgan fingerprint density at radius 3 is 2.52 bits per heavy atom. The summed E-state index contributed by atoms with van der Waals surface area (Å²) in [6.45, 7) is 10.4. The topological polar surface area (TPSA) is 96.8 Å². The van der Waals surface area contributed by atoms with Crippen LogP contribution in [-0.2, 0) is 9.47 Å². The maximum Gasteiger partial charge on any atom is 0.255 e. The van der Waals surface area contributed by atoms with E-state index >= 15 is 0 Å². The number of nitrogens with one attached hydrogen (secondary N) is 1. The number of hydrogen-bond acceptors (Lipinski definition) is 7. The summed E-state index contributed by atoms with van der Waals surface area (Å²) in [7, 11) is 0. The van der Waals surface area contributed by atoms with Crippen LogP contribution < -0.4 is 5.32 Å². The summed E-state index contributed by atoms with van der Waals surface area (Å²) in [5, 5.41) is 13.8. The molecular formula is C19H30N4O4. The van der Waals surface area contributed by atoms with Crippen LogP contribution in [0.5, 0.6) is 0 Å². The molecule has 27 heavy (non-hydrogen) atoms. The number of rotatable bonds is 4. The van der Waals surface area contributed by atoms with Crippen LogP contribution in [-0.4, -0.2) is 82.6 Å². The Labute approximate surface area is 160 Å². The van der Waals surface area contributed by atoms with E-state index < -0.39 is 6.10 Å². The van der Waals surface area contributed by atoms with Gasteiger partial charge in [-0.1, -0.05) is 0 Å². The van der Waals surface area contributed by atoms with Crippen LogP contribution in [0.3, 0.4) is 0 Å². The van der Waals surface area contributed by atoms with Crippen molar-refractivity contribution < 1.29 is 19.4 Å². The van der Waals surface area contributed by atoms with Crippen LogP contribution in [0, 0.1) is 13.8 Å². The third-order valence-electron chi connectivity index (χ3n) is 5.26. The SMILES string of the molecule is Cc1ncnc(C)c1C(=O)N[C@H]1CCO[C@H](CN2C[C@@H](C)O[C@@H](C)C2)[C@H]1O. The molecule has 3 heterocycles. The van der Waals surface area contributed by atoms with Crippen molar-refractivity contribution in [2.75, 3.05) is 26.2 Å². The molecule has 0 aromatic carbocycles. The van der Waals surface area contributed by atoms with Crippen molar-refractivity contribution in [2.45, 2.75) is 64.6 Å². The number of aromatic nitrogens is 2. The highest BCUT2D eigenvalue weighted by Crippen LogP contribution is 2.20. The highest BCUT2D eigenvalue weighted by atomic mass is 16.5. The Kier molecular flexibility index (Phi) is 6.41. The Balaban J connectivity index is 1.63. The molecule has 0 spiro atoms. The number of hydrogen-bond donors (Lipinski definition) is 2. The van der Waals surface area contributed by atoms with E-state index in [0.29, 0.717) is 36.5 Å². The van der Waals surface area contributed by atoms with E-state index in [2.05, 4.69) is 34.0 Å². The van der Waals surface area contributed by atoms with E-state index in [9.17, 15) is 9.90 Å². The third-order valence-corrected chi connectivity index (χ3v) is 5.26. The van der Waals surface area contributed by atoms with E-state index in [1.807, 2.05) is 0 Å². The first-order chi connectivity index (χ1) is 12.8. The van der Waals surface area contributed by atoms with Gasteiger partial charge >= 0.3 is 0 Å². The summed E-state index contributed by atoms with van der Waals surface area (Å²) in [6, 6.07) is -0.355. The zero-order valence-electron chi connectivity index (χ0n) is 16.5. The number of carbonyl (C=O) groups excluding carboxylic acids is 1. The zero-order chi connectivity index (χ0) is 19.6. The molecule has 8 nitrogen and oxygen atoms in total. The second-order valence-electron chi connectivity index (χ2n) is 7.66. The molecule has 0 aliphatic carbocycles. The van der Waals surface area contributed by atoms with Crippen molar-refractivity contribution in [1.29, 1.82) is 0 Å². The minimum absolute atomic E-state index is 0.161. The van der Waals surface area contributed by atoms with Crippen molar-refractivity contribution in [1.82, 2.24) is 20.2 Å². The largest absolute Gasteiger partial charge is 0.388 e. The summed E-state index contributed by atoms with van der Waals surface area (Å²) in [5.41, 5.74) is 1.74. The lowest BCUT2D eigenvalue weighted by Gasteiger charge is -2.41. The standard InChI is InChI=1S/C19H30N4O4/c1-11-7-23(8-12(2)27-11)9-16-18(24)15(5-6-26-16)22-19(25)17-13(3)20-10-21-14(17)4/h10-12,15-16,18,24H,5-9H2,1-4H3,(H,22,25)/t11-,12+,15-,16+,18-/m0/s1. The summed E-state index contributed by atoms with van der Waals surface area (Å²) in [4.78, 5) is 23.2. The normalized spacial score (nSPS) is 32.3. The van der Waals surface area contributed by atoms with Gasteiger partial charge < -0.3 is 19.9 Å². The molecule has 150 valence electrons. The van der Waals surface area contributed by atoms with Crippen LogP contribution >= 0.6 is 0 Å². The first-order valence-electron chi connectivity index (χ1n) is 9.61. The molecule has 3 rings (SSSR count). The number of aliphatic hydroxyl groups is 1. The van der Waals surface area contributed by atoms with E-state index in [4.69, 9.17) is 9.47 Å². The molecule has 2 fully saturated rings. The van der Waals surface area contributed by atoms with Gasteiger partial charge in [-0.2, -0.15) is 0 Å². The first kappa shape index (κ1) is 20.1. The molecule has 1 aromatic heterocycles. The highest BCUT2D eigenvalue weighted by Gasteiger charge is 2.36. The smallest absolute Gasteiger partial charge is 0.255 e. The van der Waals surface area contributed by atoms with E-state index in [1.54, 1.807) is 13.8 Å². The fourth-order valence-corrected chi connectivity index (χ4v) is 4.04. The minimum Gasteiger partial charge on any atom is -0.388 e. The van der Waals surface area contributed by atoms with Gasteiger partial charge in [0.05, 0.1) is 41.3 Å². The van der Waals surface area contributed by atoms with Gasteiger partial charge in [-0.15, -0.1) is 0 Å². The fourth-order valence-electron chi connectivity index (χ4n) is 4.04. The summed E-state index contributed by atoms with van der Waals surface area (Å²) in [5.74, 6) is -0.246. The van der Waals surface area contributed by atoms with Gasteiger partial charge in [0.15, 0.2) is 0 Å². The number of amides is 1. The Morgan fingerprint density at radius 1 is 1.26 bits per heavy atom.